The lowest BCUT2D eigenvalue weighted by Crippen LogP contribution is -2.10. The molecule has 3 heteroatoms. The Labute approximate surface area is 84.3 Å². The van der Waals surface area contributed by atoms with Crippen molar-refractivity contribution in [1.29, 1.82) is 0 Å². The minimum atomic E-state index is 0.761. The molecule has 0 spiro atoms. The van der Waals surface area contributed by atoms with Crippen LogP contribution in [0.2, 0.25) is 0 Å². The first-order valence-corrected chi connectivity index (χ1v) is 4.46. The van der Waals surface area contributed by atoms with Crippen LogP contribution in [0.3, 0.4) is 0 Å². The second-order valence-electron chi connectivity index (χ2n) is 3.15. The fourth-order valence-electron chi connectivity index (χ4n) is 0.784. The first-order chi connectivity index (χ1) is 6.70. The number of rotatable bonds is 2. The lowest BCUT2D eigenvalue weighted by Gasteiger charge is -1.94. The summed E-state index contributed by atoms with van der Waals surface area (Å²) in [6, 6.07) is 9.83. The van der Waals surface area contributed by atoms with E-state index >= 15 is 0 Å². The van der Waals surface area contributed by atoms with Crippen LogP contribution in [0.4, 0.5) is 0 Å². The van der Waals surface area contributed by atoms with Gasteiger partial charge < -0.3 is 0 Å². The van der Waals surface area contributed by atoms with Crippen molar-refractivity contribution >= 4 is 12.1 Å². The Morgan fingerprint density at radius 2 is 1.93 bits per heavy atom. The molecule has 1 aromatic carbocycles. The van der Waals surface area contributed by atoms with Gasteiger partial charge in [0.25, 0.3) is 0 Å². The summed E-state index contributed by atoms with van der Waals surface area (Å²) in [6.45, 7) is 1.86. The van der Waals surface area contributed by atoms with Gasteiger partial charge in [-0.25, -0.2) is 4.58 Å². The highest BCUT2D eigenvalue weighted by Gasteiger charge is 1.97. The zero-order valence-corrected chi connectivity index (χ0v) is 8.77. The second kappa shape index (κ2) is 5.17. The van der Waals surface area contributed by atoms with Crippen LogP contribution in [0.5, 0.6) is 0 Å². The highest BCUT2D eigenvalue weighted by molar-refractivity contribution is 5.79. The van der Waals surface area contributed by atoms with E-state index in [1.54, 1.807) is 6.21 Å². The summed E-state index contributed by atoms with van der Waals surface area (Å²) < 4.78 is 1.86. The topological polar surface area (TPSA) is 24.6 Å². The predicted molar refractivity (Wildman–Crippen MR) is 57.9 cm³/mol. The van der Waals surface area contributed by atoms with Crippen LogP contribution in [0.15, 0.2) is 35.5 Å². The second-order valence-corrected chi connectivity index (χ2v) is 3.15. The fraction of sp³-hybridized carbons (Fsp3) is 0.273. The molecule has 1 rings (SSSR count). The zero-order valence-electron chi connectivity index (χ0n) is 8.77. The van der Waals surface area contributed by atoms with E-state index in [0.717, 1.165) is 11.5 Å². The molecule has 0 atom stereocenters. The van der Waals surface area contributed by atoms with Crippen molar-refractivity contribution in [3.05, 3.63) is 35.9 Å². The van der Waals surface area contributed by atoms with Crippen LogP contribution < -0.4 is 0 Å². The van der Waals surface area contributed by atoms with Crippen LogP contribution in [0.25, 0.3) is 0 Å². The van der Waals surface area contributed by atoms with Gasteiger partial charge in [-0.3, -0.25) is 4.84 Å². The summed E-state index contributed by atoms with van der Waals surface area (Å²) in [7, 11) is 3.82. The molecule has 0 fully saturated rings. The summed E-state index contributed by atoms with van der Waals surface area (Å²) in [5, 5.41) is 3.86. The molecule has 0 aliphatic rings. The third kappa shape index (κ3) is 3.39. The molecule has 0 radical (unpaired) electrons. The maximum absolute atomic E-state index is 5.12. The number of hydrogen-bond donors (Lipinski definition) is 0. The summed E-state index contributed by atoms with van der Waals surface area (Å²) in [4.78, 5) is 5.12. The van der Waals surface area contributed by atoms with E-state index in [4.69, 9.17) is 4.84 Å². The Bertz CT molecular complexity index is 338. The van der Waals surface area contributed by atoms with Crippen molar-refractivity contribution in [3.63, 3.8) is 0 Å². The largest absolute Gasteiger partial charge is 0.360 e. The van der Waals surface area contributed by atoms with Crippen molar-refractivity contribution in [1.82, 2.24) is 0 Å². The lowest BCUT2D eigenvalue weighted by atomic mass is 10.2. The van der Waals surface area contributed by atoms with Crippen LogP contribution in [-0.4, -0.2) is 30.8 Å². The number of benzene rings is 1. The van der Waals surface area contributed by atoms with E-state index in [2.05, 4.69) is 5.16 Å². The maximum Gasteiger partial charge on any atom is 0.360 e. The number of hydrogen-bond acceptors (Lipinski definition) is 2. The molecule has 0 saturated carbocycles. The first kappa shape index (κ1) is 10.4. The van der Waals surface area contributed by atoms with Gasteiger partial charge in [-0.05, 0) is 5.56 Å². The molecule has 0 unspecified atom stereocenters. The van der Waals surface area contributed by atoms with E-state index < -0.39 is 0 Å². The fourth-order valence-corrected chi connectivity index (χ4v) is 0.784. The quantitative estimate of drug-likeness (QED) is 0.302. The molecule has 0 amide bonds. The maximum atomic E-state index is 5.12. The monoisotopic (exact) mass is 191 g/mol. The minimum Gasteiger partial charge on any atom is -0.298 e. The molecule has 3 nitrogen and oxygen atoms in total. The van der Waals surface area contributed by atoms with Crippen molar-refractivity contribution in [2.75, 3.05) is 14.1 Å². The molecule has 0 heterocycles. The molecule has 0 bridgehead atoms. The minimum absolute atomic E-state index is 0.761. The van der Waals surface area contributed by atoms with Crippen LogP contribution >= 0.6 is 0 Å². The summed E-state index contributed by atoms with van der Waals surface area (Å²) in [5.41, 5.74) is 1.03. The van der Waals surface area contributed by atoms with Crippen LogP contribution in [0.1, 0.15) is 12.5 Å². The highest BCUT2D eigenvalue weighted by Crippen LogP contribution is 1.94. The Hall–Kier alpha value is -1.64. The lowest BCUT2D eigenvalue weighted by molar-refractivity contribution is -0.475. The summed E-state index contributed by atoms with van der Waals surface area (Å²) in [5.74, 6) is 0.761. The van der Waals surface area contributed by atoms with Crippen molar-refractivity contribution in [2.24, 2.45) is 5.16 Å². The van der Waals surface area contributed by atoms with E-state index in [0.29, 0.717) is 0 Å². The standard InChI is InChI=1S/C11H15N2O/c1-10(13(2)3)14-12-9-11-7-5-4-6-8-11/h4-9H,1-3H3/q+1/b12-9+. The number of oxime groups is 1. The molecule has 14 heavy (non-hydrogen) atoms. The molecule has 0 aliphatic heterocycles. The molecule has 0 saturated heterocycles. The smallest absolute Gasteiger partial charge is 0.298 e. The molecule has 0 N–H and O–H groups in total. The van der Waals surface area contributed by atoms with E-state index in [1.807, 2.05) is 55.9 Å². The molecule has 0 aliphatic carbocycles. The van der Waals surface area contributed by atoms with Gasteiger partial charge in [-0.2, -0.15) is 0 Å². The van der Waals surface area contributed by atoms with Gasteiger partial charge in [-0.1, -0.05) is 35.5 Å². The summed E-state index contributed by atoms with van der Waals surface area (Å²) in [6.07, 6.45) is 1.69. The van der Waals surface area contributed by atoms with Gasteiger partial charge >= 0.3 is 5.90 Å². The van der Waals surface area contributed by atoms with Gasteiger partial charge in [0.15, 0.2) is 0 Å². The average molecular weight is 191 g/mol. The third-order valence-corrected chi connectivity index (χ3v) is 1.82. The van der Waals surface area contributed by atoms with Crippen molar-refractivity contribution < 1.29 is 9.41 Å². The van der Waals surface area contributed by atoms with E-state index in [-0.39, 0.29) is 0 Å². The Balaban J connectivity index is 2.55. The molecule has 1 aromatic rings. The van der Waals surface area contributed by atoms with Crippen molar-refractivity contribution in [3.8, 4) is 0 Å². The van der Waals surface area contributed by atoms with Crippen molar-refractivity contribution in [2.45, 2.75) is 6.92 Å². The molecular weight excluding hydrogens is 176 g/mol. The Morgan fingerprint density at radius 1 is 1.29 bits per heavy atom. The van der Waals surface area contributed by atoms with Gasteiger partial charge in [0.1, 0.15) is 14.1 Å². The first-order valence-electron chi connectivity index (χ1n) is 4.46. The molecule has 74 valence electrons. The van der Waals surface area contributed by atoms with Gasteiger partial charge in [0.2, 0.25) is 0 Å². The molecule has 0 aromatic heterocycles. The third-order valence-electron chi connectivity index (χ3n) is 1.82. The van der Waals surface area contributed by atoms with E-state index in [9.17, 15) is 0 Å². The van der Waals surface area contributed by atoms with Gasteiger partial charge in [0, 0.05) is 0 Å². The Morgan fingerprint density at radius 3 is 2.50 bits per heavy atom. The SMILES string of the molecule is CC(O/N=C/c1ccccc1)=[N+](C)C. The van der Waals surface area contributed by atoms with Crippen LogP contribution in [-0.2, 0) is 4.84 Å². The van der Waals surface area contributed by atoms with E-state index in [1.165, 1.54) is 0 Å². The Kier molecular flexibility index (Phi) is 3.85. The zero-order chi connectivity index (χ0) is 10.4. The predicted octanol–water partition coefficient (Wildman–Crippen LogP) is 1.73. The van der Waals surface area contributed by atoms with Crippen LogP contribution in [0, 0.1) is 0 Å². The highest BCUT2D eigenvalue weighted by atomic mass is 16.6. The molecular formula is C11H15N2O+. The number of nitrogens with zero attached hydrogens (tertiary/aromatic N) is 2. The van der Waals surface area contributed by atoms with Gasteiger partial charge in [0.05, 0.1) is 13.1 Å². The average Bonchev–Trinajstić information content (AvgIpc) is 2.19. The normalized spacial score (nSPS) is 10.2. The summed E-state index contributed by atoms with van der Waals surface area (Å²) >= 11 is 0. The van der Waals surface area contributed by atoms with Gasteiger partial charge in [-0.15, -0.1) is 0 Å².